The lowest BCUT2D eigenvalue weighted by molar-refractivity contribution is 1.60. The number of aromatic nitrogens is 1. The van der Waals surface area contributed by atoms with E-state index < -0.39 is 0 Å². The van der Waals surface area contributed by atoms with Crippen molar-refractivity contribution in [1.29, 1.82) is 0 Å². The number of hydrogen-bond acceptors (Lipinski definition) is 0. The maximum atomic E-state index is 3.14. The Kier molecular flexibility index (Phi) is 0.355. The van der Waals surface area contributed by atoms with Gasteiger partial charge in [0.25, 0.3) is 0 Å². The van der Waals surface area contributed by atoms with Crippen molar-refractivity contribution in [3.05, 3.63) is 24.3 Å². The molecule has 0 aliphatic heterocycles. The highest BCUT2D eigenvalue weighted by atomic mass is 14.7. The van der Waals surface area contributed by atoms with Gasteiger partial charge in [-0.2, -0.15) is 0 Å². The number of rotatable bonds is 0. The van der Waals surface area contributed by atoms with Crippen molar-refractivity contribution in [2.45, 2.75) is 0 Å². The summed E-state index contributed by atoms with van der Waals surface area (Å²) >= 11 is 0. The number of fused-ring (bicyclic) bond motifs is 2. The highest BCUT2D eigenvalue weighted by Crippen LogP contribution is 2.07. The number of hydrogen-bond donors (Lipinski definition) is 1. The lowest BCUT2D eigenvalue weighted by atomic mass is 10.4. The van der Waals surface area contributed by atoms with Gasteiger partial charge >= 0.3 is 0 Å². The molecule has 0 unspecified atom stereocenters. The van der Waals surface area contributed by atoms with Crippen LogP contribution in [0.1, 0.15) is 0 Å². The molecule has 0 aliphatic rings. The summed E-state index contributed by atoms with van der Waals surface area (Å²) in [5.41, 5.74) is 2.44. The standard InChI is InChI=1S/C6H5N/c1-2-6-4-3-5(1)7-6/h1-4,7H. The highest BCUT2D eigenvalue weighted by molar-refractivity contribution is 5.64. The third-order valence-electron chi connectivity index (χ3n) is 1.17. The molecule has 0 spiro atoms. The molecule has 1 nitrogen and oxygen atoms in total. The Morgan fingerprint density at radius 3 is 1.43 bits per heavy atom. The Hall–Kier alpha value is -0.980. The summed E-state index contributed by atoms with van der Waals surface area (Å²) in [5, 5.41) is 0. The molecule has 0 aromatic carbocycles. The second-order valence-electron chi connectivity index (χ2n) is 1.70. The minimum absolute atomic E-state index is 1.22. The van der Waals surface area contributed by atoms with Crippen LogP contribution in [-0.2, 0) is 0 Å². The van der Waals surface area contributed by atoms with Crippen molar-refractivity contribution in [2.75, 3.05) is 0 Å². The van der Waals surface area contributed by atoms with E-state index in [-0.39, 0.29) is 0 Å². The molecule has 0 atom stereocenters. The molecule has 1 N–H and O–H groups in total. The molecule has 2 bridgehead atoms. The van der Waals surface area contributed by atoms with Gasteiger partial charge in [-0.3, -0.25) is 0 Å². The summed E-state index contributed by atoms with van der Waals surface area (Å²) in [5.74, 6) is 0. The smallest absolute Gasteiger partial charge is 0.0385 e. The summed E-state index contributed by atoms with van der Waals surface area (Å²) in [6.07, 6.45) is 0. The van der Waals surface area contributed by atoms with Gasteiger partial charge in [-0.1, -0.05) is 0 Å². The monoisotopic (exact) mass is 91.0 g/mol. The van der Waals surface area contributed by atoms with Gasteiger partial charge in [-0.05, 0) is 24.3 Å². The lowest BCUT2D eigenvalue weighted by Gasteiger charge is -1.64. The van der Waals surface area contributed by atoms with E-state index in [4.69, 9.17) is 0 Å². The second-order valence-corrected chi connectivity index (χ2v) is 1.70. The normalized spacial score (nSPS) is 10.9. The van der Waals surface area contributed by atoms with Gasteiger partial charge in [-0.15, -0.1) is 0 Å². The molecule has 0 amide bonds. The van der Waals surface area contributed by atoms with E-state index in [0.29, 0.717) is 0 Å². The van der Waals surface area contributed by atoms with Crippen LogP contribution in [0.4, 0.5) is 0 Å². The SMILES string of the molecule is c1cc2ccc1[nH]2. The summed E-state index contributed by atoms with van der Waals surface area (Å²) in [6, 6.07) is 8.26. The minimum Gasteiger partial charge on any atom is -0.356 e. The largest absolute Gasteiger partial charge is 0.356 e. The summed E-state index contributed by atoms with van der Waals surface area (Å²) in [6.45, 7) is 0. The van der Waals surface area contributed by atoms with E-state index >= 15 is 0 Å². The first-order chi connectivity index (χ1) is 3.45. The van der Waals surface area contributed by atoms with Gasteiger partial charge in [0.1, 0.15) is 0 Å². The van der Waals surface area contributed by atoms with Gasteiger partial charge in [0.05, 0.1) is 0 Å². The van der Waals surface area contributed by atoms with Crippen LogP contribution in [0.5, 0.6) is 0 Å². The van der Waals surface area contributed by atoms with Crippen molar-refractivity contribution in [2.24, 2.45) is 0 Å². The Labute approximate surface area is 41.3 Å². The zero-order valence-corrected chi connectivity index (χ0v) is 3.81. The molecule has 0 radical (unpaired) electrons. The van der Waals surface area contributed by atoms with Crippen molar-refractivity contribution in [1.82, 2.24) is 4.98 Å². The molecule has 34 valence electrons. The average Bonchev–Trinajstić information content (AvgIpc) is 2.22. The molecule has 0 saturated heterocycles. The quantitative estimate of drug-likeness (QED) is 0.507. The van der Waals surface area contributed by atoms with Crippen molar-refractivity contribution >= 4 is 11.0 Å². The van der Waals surface area contributed by atoms with Crippen LogP contribution in [0.25, 0.3) is 11.0 Å². The zero-order valence-electron chi connectivity index (χ0n) is 3.81. The minimum atomic E-state index is 1.22. The van der Waals surface area contributed by atoms with Crippen molar-refractivity contribution < 1.29 is 0 Å². The van der Waals surface area contributed by atoms with E-state index in [1.807, 2.05) is 0 Å². The van der Waals surface area contributed by atoms with E-state index in [2.05, 4.69) is 29.2 Å². The predicted octanol–water partition coefficient (Wildman–Crippen LogP) is 1.61. The molecular formula is C6H5N. The number of benzene rings is 1. The van der Waals surface area contributed by atoms with E-state index in [1.54, 1.807) is 0 Å². The van der Waals surface area contributed by atoms with E-state index in [9.17, 15) is 0 Å². The van der Waals surface area contributed by atoms with Gasteiger partial charge in [0.2, 0.25) is 0 Å². The van der Waals surface area contributed by atoms with Gasteiger partial charge in [-0.25, -0.2) is 0 Å². The molecule has 2 aromatic rings. The van der Waals surface area contributed by atoms with Crippen molar-refractivity contribution in [3.63, 3.8) is 0 Å². The molecule has 0 aliphatic carbocycles. The van der Waals surface area contributed by atoms with Gasteiger partial charge in [0.15, 0.2) is 0 Å². The third kappa shape index (κ3) is 0.270. The van der Waals surface area contributed by atoms with Gasteiger partial charge < -0.3 is 4.98 Å². The molecular weight excluding hydrogens is 86.1 g/mol. The van der Waals surface area contributed by atoms with E-state index in [1.165, 1.54) is 11.0 Å². The predicted molar refractivity (Wildman–Crippen MR) is 29.5 cm³/mol. The fraction of sp³-hybridized carbons (Fsp3) is 0. The average molecular weight is 91.1 g/mol. The molecule has 1 heteroatoms. The third-order valence-corrected chi connectivity index (χ3v) is 1.17. The first-order valence-corrected chi connectivity index (χ1v) is 2.32. The summed E-state index contributed by atoms with van der Waals surface area (Å²) < 4.78 is 0. The molecule has 7 heavy (non-hydrogen) atoms. The maximum Gasteiger partial charge on any atom is 0.0385 e. The van der Waals surface area contributed by atoms with Crippen LogP contribution in [0.2, 0.25) is 0 Å². The molecule has 2 heterocycles. The summed E-state index contributed by atoms with van der Waals surface area (Å²) in [7, 11) is 0. The Morgan fingerprint density at radius 1 is 0.857 bits per heavy atom. The van der Waals surface area contributed by atoms with Crippen LogP contribution >= 0.6 is 0 Å². The van der Waals surface area contributed by atoms with Crippen LogP contribution in [0, 0.1) is 0 Å². The Morgan fingerprint density at radius 2 is 1.29 bits per heavy atom. The topological polar surface area (TPSA) is 15.8 Å². The fourth-order valence-electron chi connectivity index (χ4n) is 0.804. The zero-order chi connectivity index (χ0) is 4.69. The Balaban J connectivity index is 3.18. The van der Waals surface area contributed by atoms with Crippen LogP contribution in [-0.4, -0.2) is 4.98 Å². The highest BCUT2D eigenvalue weighted by Gasteiger charge is 1.87. The Bertz CT molecular complexity index is 201. The van der Waals surface area contributed by atoms with Crippen LogP contribution < -0.4 is 0 Å². The van der Waals surface area contributed by atoms with Crippen LogP contribution in [0.3, 0.4) is 0 Å². The number of nitrogens with one attached hydrogen (secondary N) is 1. The second kappa shape index (κ2) is 0.808. The maximum absolute atomic E-state index is 3.14. The molecule has 0 saturated carbocycles. The van der Waals surface area contributed by atoms with Crippen LogP contribution in [0.15, 0.2) is 24.3 Å². The van der Waals surface area contributed by atoms with E-state index in [0.717, 1.165) is 0 Å². The fourth-order valence-corrected chi connectivity index (χ4v) is 0.804. The lowest BCUT2D eigenvalue weighted by Crippen LogP contribution is -1.44. The first kappa shape index (κ1) is 3.08. The number of H-pyrrole nitrogens is 1. The van der Waals surface area contributed by atoms with Crippen molar-refractivity contribution in [3.8, 4) is 0 Å². The molecule has 2 aromatic heterocycles. The molecule has 0 fully saturated rings. The first-order valence-electron chi connectivity index (χ1n) is 2.32. The summed E-state index contributed by atoms with van der Waals surface area (Å²) in [4.78, 5) is 3.14. The van der Waals surface area contributed by atoms with Gasteiger partial charge in [0, 0.05) is 11.0 Å². The number of aromatic amines is 1. The molecule has 2 rings (SSSR count).